The number of carbonyl (C=O) groups is 1. The van der Waals surface area contributed by atoms with Crippen LogP contribution in [0.25, 0.3) is 0 Å². The van der Waals surface area contributed by atoms with E-state index in [1.807, 2.05) is 6.92 Å². The lowest BCUT2D eigenvalue weighted by Gasteiger charge is -2.02. The fourth-order valence-corrected chi connectivity index (χ4v) is 1.70. The van der Waals surface area contributed by atoms with Crippen molar-refractivity contribution in [1.82, 2.24) is 5.32 Å². The molecule has 0 aromatic rings. The van der Waals surface area contributed by atoms with E-state index >= 15 is 0 Å². The fourth-order valence-electron chi connectivity index (χ4n) is 1.70. The molecule has 0 radical (unpaired) electrons. The molecule has 0 aliphatic rings. The molecule has 2 nitrogen and oxygen atoms in total. The summed E-state index contributed by atoms with van der Waals surface area (Å²) in [5, 5.41) is 2.83. The Morgan fingerprint density at radius 1 is 0.867 bits per heavy atom. The maximum atomic E-state index is 11.1. The molecule has 0 saturated heterocycles. The van der Waals surface area contributed by atoms with Crippen LogP contribution in [0.5, 0.6) is 0 Å². The zero-order valence-corrected chi connectivity index (χ0v) is 10.5. The molecule has 0 unspecified atom stereocenters. The molecular formula is C13H27NO. The van der Waals surface area contributed by atoms with Crippen LogP contribution in [0.15, 0.2) is 0 Å². The number of nitrogens with one attached hydrogen (secondary N) is 1. The number of amides is 1. The third-order valence-electron chi connectivity index (χ3n) is 2.63. The second-order valence-electron chi connectivity index (χ2n) is 4.18. The highest BCUT2D eigenvalue weighted by molar-refractivity contribution is 5.75. The summed E-state index contributed by atoms with van der Waals surface area (Å²) >= 11 is 0. The highest BCUT2D eigenvalue weighted by Crippen LogP contribution is 2.09. The highest BCUT2D eigenvalue weighted by Gasteiger charge is 1.98. The Morgan fingerprint density at radius 2 is 1.40 bits per heavy atom. The van der Waals surface area contributed by atoms with Gasteiger partial charge >= 0.3 is 0 Å². The minimum atomic E-state index is 0.212. The molecule has 0 bridgehead atoms. The summed E-state index contributed by atoms with van der Waals surface area (Å²) in [5.41, 5.74) is 0. The van der Waals surface area contributed by atoms with Gasteiger partial charge in [-0.3, -0.25) is 4.79 Å². The largest absolute Gasteiger partial charge is 0.356 e. The Bertz CT molecular complexity index is 145. The van der Waals surface area contributed by atoms with E-state index in [2.05, 4.69) is 12.2 Å². The molecular weight excluding hydrogens is 186 g/mol. The molecule has 0 spiro atoms. The van der Waals surface area contributed by atoms with Gasteiger partial charge in [0, 0.05) is 13.0 Å². The standard InChI is InChI=1S/C13H27NO/c1-3-5-6-7-8-9-10-11-12-13(15)14-4-2/h3-12H2,1-2H3,(H,14,15). The van der Waals surface area contributed by atoms with E-state index in [0.29, 0.717) is 6.42 Å². The van der Waals surface area contributed by atoms with Crippen molar-refractivity contribution in [3.8, 4) is 0 Å². The topological polar surface area (TPSA) is 29.1 Å². The van der Waals surface area contributed by atoms with E-state index in [1.54, 1.807) is 0 Å². The summed E-state index contributed by atoms with van der Waals surface area (Å²) in [6.45, 7) is 4.97. The van der Waals surface area contributed by atoms with Crippen LogP contribution in [-0.4, -0.2) is 12.5 Å². The van der Waals surface area contributed by atoms with Crippen molar-refractivity contribution >= 4 is 5.91 Å². The molecule has 0 aromatic heterocycles. The predicted octanol–water partition coefficient (Wildman–Crippen LogP) is 3.65. The van der Waals surface area contributed by atoms with Gasteiger partial charge in [0.05, 0.1) is 0 Å². The van der Waals surface area contributed by atoms with E-state index in [0.717, 1.165) is 13.0 Å². The second kappa shape index (κ2) is 11.5. The van der Waals surface area contributed by atoms with Gasteiger partial charge in [-0.1, -0.05) is 51.9 Å². The minimum Gasteiger partial charge on any atom is -0.356 e. The number of hydrogen-bond acceptors (Lipinski definition) is 1. The SMILES string of the molecule is CCCCCCCCCCC(=O)NCC. The van der Waals surface area contributed by atoms with Crippen molar-refractivity contribution < 1.29 is 4.79 Å². The van der Waals surface area contributed by atoms with Crippen molar-refractivity contribution in [2.45, 2.75) is 71.6 Å². The van der Waals surface area contributed by atoms with E-state index in [4.69, 9.17) is 0 Å². The zero-order valence-electron chi connectivity index (χ0n) is 10.5. The quantitative estimate of drug-likeness (QED) is 0.551. The first-order valence-electron chi connectivity index (χ1n) is 6.58. The average molecular weight is 213 g/mol. The van der Waals surface area contributed by atoms with Crippen molar-refractivity contribution in [3.63, 3.8) is 0 Å². The molecule has 0 heterocycles. The summed E-state index contributed by atoms with van der Waals surface area (Å²) < 4.78 is 0. The third kappa shape index (κ3) is 11.4. The van der Waals surface area contributed by atoms with Gasteiger partial charge in [0.1, 0.15) is 0 Å². The van der Waals surface area contributed by atoms with Gasteiger partial charge in [-0.2, -0.15) is 0 Å². The van der Waals surface area contributed by atoms with Gasteiger partial charge in [0.25, 0.3) is 0 Å². The van der Waals surface area contributed by atoms with Crippen LogP contribution >= 0.6 is 0 Å². The molecule has 2 heteroatoms. The molecule has 0 aliphatic carbocycles. The molecule has 0 atom stereocenters. The van der Waals surface area contributed by atoms with Crippen LogP contribution < -0.4 is 5.32 Å². The molecule has 0 saturated carbocycles. The van der Waals surface area contributed by atoms with E-state index in [9.17, 15) is 4.79 Å². The normalized spacial score (nSPS) is 10.3. The van der Waals surface area contributed by atoms with Crippen LogP contribution in [0.3, 0.4) is 0 Å². The van der Waals surface area contributed by atoms with E-state index < -0.39 is 0 Å². The first-order valence-corrected chi connectivity index (χ1v) is 6.58. The predicted molar refractivity (Wildman–Crippen MR) is 65.9 cm³/mol. The molecule has 0 aromatic carbocycles. The molecule has 0 fully saturated rings. The lowest BCUT2D eigenvalue weighted by molar-refractivity contribution is -0.121. The first-order chi connectivity index (χ1) is 7.31. The van der Waals surface area contributed by atoms with Gasteiger partial charge in [0.2, 0.25) is 5.91 Å². The summed E-state index contributed by atoms with van der Waals surface area (Å²) in [7, 11) is 0. The van der Waals surface area contributed by atoms with Gasteiger partial charge in [-0.05, 0) is 13.3 Å². The lowest BCUT2D eigenvalue weighted by atomic mass is 10.1. The van der Waals surface area contributed by atoms with Gasteiger partial charge in [-0.25, -0.2) is 0 Å². The Morgan fingerprint density at radius 3 is 1.93 bits per heavy atom. The number of hydrogen-bond donors (Lipinski definition) is 1. The maximum Gasteiger partial charge on any atom is 0.219 e. The summed E-state index contributed by atoms with van der Waals surface area (Å²) in [6.07, 6.45) is 11.1. The number of carbonyl (C=O) groups excluding carboxylic acids is 1. The molecule has 1 amide bonds. The van der Waals surface area contributed by atoms with E-state index in [-0.39, 0.29) is 5.91 Å². The van der Waals surface area contributed by atoms with Crippen molar-refractivity contribution in [1.29, 1.82) is 0 Å². The Balaban J connectivity index is 3.01. The molecule has 1 N–H and O–H groups in total. The van der Waals surface area contributed by atoms with Crippen molar-refractivity contribution in [2.75, 3.05) is 6.54 Å². The monoisotopic (exact) mass is 213 g/mol. The lowest BCUT2D eigenvalue weighted by Crippen LogP contribution is -2.21. The smallest absolute Gasteiger partial charge is 0.219 e. The van der Waals surface area contributed by atoms with Crippen LogP contribution in [0.4, 0.5) is 0 Å². The highest BCUT2D eigenvalue weighted by atomic mass is 16.1. The van der Waals surface area contributed by atoms with Gasteiger partial charge in [0.15, 0.2) is 0 Å². The molecule has 90 valence electrons. The van der Waals surface area contributed by atoms with Crippen LogP contribution in [-0.2, 0) is 4.79 Å². The summed E-state index contributed by atoms with van der Waals surface area (Å²) in [6, 6.07) is 0. The van der Waals surface area contributed by atoms with Crippen molar-refractivity contribution in [3.05, 3.63) is 0 Å². The summed E-state index contributed by atoms with van der Waals surface area (Å²) in [5.74, 6) is 0.212. The Hall–Kier alpha value is -0.530. The average Bonchev–Trinajstić information content (AvgIpc) is 2.22. The number of unbranched alkanes of at least 4 members (excludes halogenated alkanes) is 7. The fraction of sp³-hybridized carbons (Fsp3) is 0.923. The Labute approximate surface area is 94.8 Å². The van der Waals surface area contributed by atoms with Gasteiger partial charge in [-0.15, -0.1) is 0 Å². The van der Waals surface area contributed by atoms with Crippen LogP contribution in [0.1, 0.15) is 71.6 Å². The number of rotatable bonds is 10. The van der Waals surface area contributed by atoms with Crippen molar-refractivity contribution in [2.24, 2.45) is 0 Å². The molecule has 0 aliphatic heterocycles. The minimum absolute atomic E-state index is 0.212. The van der Waals surface area contributed by atoms with Gasteiger partial charge < -0.3 is 5.32 Å². The van der Waals surface area contributed by atoms with Crippen LogP contribution in [0, 0.1) is 0 Å². The first kappa shape index (κ1) is 14.5. The van der Waals surface area contributed by atoms with E-state index in [1.165, 1.54) is 44.9 Å². The second-order valence-corrected chi connectivity index (χ2v) is 4.18. The summed E-state index contributed by atoms with van der Waals surface area (Å²) in [4.78, 5) is 11.1. The Kier molecular flexibility index (Phi) is 11.1. The molecule has 0 rings (SSSR count). The van der Waals surface area contributed by atoms with Crippen LogP contribution in [0.2, 0.25) is 0 Å². The molecule has 15 heavy (non-hydrogen) atoms. The third-order valence-corrected chi connectivity index (χ3v) is 2.63. The zero-order chi connectivity index (χ0) is 11.4. The maximum absolute atomic E-state index is 11.1.